The molecule has 0 aliphatic heterocycles. The predicted molar refractivity (Wildman–Crippen MR) is 59.1 cm³/mol. The lowest BCUT2D eigenvalue weighted by molar-refractivity contribution is -0.146. The minimum Gasteiger partial charge on any atom is -0.479 e. The molecule has 2 atom stereocenters. The van der Waals surface area contributed by atoms with Gasteiger partial charge in [0.25, 0.3) is 0 Å². The van der Waals surface area contributed by atoms with E-state index in [1.807, 2.05) is 13.8 Å². The predicted octanol–water partition coefficient (Wildman–Crippen LogP) is 0.119. The Kier molecular flexibility index (Phi) is 6.48. The summed E-state index contributed by atoms with van der Waals surface area (Å²) in [7, 11) is 1.63. The Balaban J connectivity index is 3.92. The highest BCUT2D eigenvalue weighted by Crippen LogP contribution is 2.02. The van der Waals surface area contributed by atoms with E-state index in [2.05, 4.69) is 5.32 Å². The van der Waals surface area contributed by atoms with Gasteiger partial charge in [-0.3, -0.25) is 0 Å². The van der Waals surface area contributed by atoms with Gasteiger partial charge in [0.2, 0.25) is 0 Å². The Labute approximate surface area is 95.2 Å². The summed E-state index contributed by atoms with van der Waals surface area (Å²) in [4.78, 5) is 23.2. The number of urea groups is 1. The second-order valence-corrected chi connectivity index (χ2v) is 3.93. The first-order valence-electron chi connectivity index (χ1n) is 5.28. The van der Waals surface area contributed by atoms with E-state index in [9.17, 15) is 9.59 Å². The highest BCUT2D eigenvalue weighted by Gasteiger charge is 2.16. The Morgan fingerprint density at radius 1 is 1.44 bits per heavy atom. The van der Waals surface area contributed by atoms with Crippen molar-refractivity contribution in [1.82, 2.24) is 10.2 Å². The van der Waals surface area contributed by atoms with E-state index in [4.69, 9.17) is 10.2 Å². The van der Waals surface area contributed by atoms with Crippen molar-refractivity contribution in [3.8, 4) is 0 Å². The third kappa shape index (κ3) is 5.55. The third-order valence-electron chi connectivity index (χ3n) is 2.36. The zero-order chi connectivity index (χ0) is 12.7. The van der Waals surface area contributed by atoms with Crippen molar-refractivity contribution in [2.75, 3.05) is 20.1 Å². The lowest BCUT2D eigenvalue weighted by Crippen LogP contribution is -2.44. The summed E-state index contributed by atoms with van der Waals surface area (Å²) in [5.41, 5.74) is 0. The van der Waals surface area contributed by atoms with Crippen LogP contribution in [0.3, 0.4) is 0 Å². The lowest BCUT2D eigenvalue weighted by atomic mass is 10.1. The molecule has 2 unspecified atom stereocenters. The summed E-state index contributed by atoms with van der Waals surface area (Å²) in [5, 5.41) is 19.7. The number of hydrogen-bond donors (Lipinski definition) is 3. The first-order chi connectivity index (χ1) is 7.38. The van der Waals surface area contributed by atoms with Gasteiger partial charge in [-0.1, -0.05) is 20.3 Å². The number of nitrogens with one attached hydrogen (secondary N) is 1. The largest absolute Gasteiger partial charge is 0.479 e. The topological polar surface area (TPSA) is 89.9 Å². The number of rotatable bonds is 6. The number of hydrogen-bond acceptors (Lipinski definition) is 3. The number of carboxylic acids is 1. The number of amides is 2. The van der Waals surface area contributed by atoms with Crippen LogP contribution < -0.4 is 5.32 Å². The number of carbonyl (C=O) groups is 2. The Hall–Kier alpha value is -1.30. The fourth-order valence-electron chi connectivity index (χ4n) is 1.09. The smallest absolute Gasteiger partial charge is 0.334 e. The molecule has 0 aromatic rings. The van der Waals surface area contributed by atoms with E-state index in [-0.39, 0.29) is 12.6 Å². The second kappa shape index (κ2) is 7.05. The van der Waals surface area contributed by atoms with E-state index in [1.165, 1.54) is 4.90 Å². The van der Waals surface area contributed by atoms with Crippen LogP contribution in [0, 0.1) is 5.92 Å². The van der Waals surface area contributed by atoms with Gasteiger partial charge in [0.1, 0.15) is 0 Å². The van der Waals surface area contributed by atoms with Crippen molar-refractivity contribution < 1.29 is 19.8 Å². The minimum absolute atomic E-state index is 0.279. The Bertz CT molecular complexity index is 245. The van der Waals surface area contributed by atoms with Crippen molar-refractivity contribution in [3.05, 3.63) is 0 Å². The van der Waals surface area contributed by atoms with Crippen LogP contribution in [0.5, 0.6) is 0 Å². The van der Waals surface area contributed by atoms with Crippen molar-refractivity contribution in [2.24, 2.45) is 5.92 Å². The molecule has 6 nitrogen and oxygen atoms in total. The molecule has 3 N–H and O–H groups in total. The molecule has 0 aromatic heterocycles. The van der Waals surface area contributed by atoms with Crippen molar-refractivity contribution in [1.29, 1.82) is 0 Å². The molecule has 0 saturated carbocycles. The quantitative estimate of drug-likeness (QED) is 0.606. The molecule has 0 saturated heterocycles. The molecule has 0 bridgehead atoms. The standard InChI is InChI=1S/C10H20N2O4/c1-4-7(2)6-12(3)10(16)11-5-8(13)9(14)15/h7-8,13H,4-6H2,1-3H3,(H,11,16)(H,14,15). The number of aliphatic hydroxyl groups is 1. The summed E-state index contributed by atoms with van der Waals surface area (Å²) >= 11 is 0. The third-order valence-corrected chi connectivity index (χ3v) is 2.36. The summed E-state index contributed by atoms with van der Waals surface area (Å²) in [6.45, 7) is 4.38. The Morgan fingerprint density at radius 2 is 2.00 bits per heavy atom. The molecular weight excluding hydrogens is 212 g/mol. The van der Waals surface area contributed by atoms with E-state index < -0.39 is 12.1 Å². The SMILES string of the molecule is CCC(C)CN(C)C(=O)NCC(O)C(=O)O. The molecular formula is C10H20N2O4. The van der Waals surface area contributed by atoms with Gasteiger partial charge < -0.3 is 20.4 Å². The van der Waals surface area contributed by atoms with Gasteiger partial charge in [0, 0.05) is 13.6 Å². The fourth-order valence-corrected chi connectivity index (χ4v) is 1.09. The molecule has 2 amide bonds. The van der Waals surface area contributed by atoms with Crippen LogP contribution in [0.15, 0.2) is 0 Å². The highest BCUT2D eigenvalue weighted by molar-refractivity contribution is 5.76. The van der Waals surface area contributed by atoms with Crippen LogP contribution in [0.2, 0.25) is 0 Å². The number of aliphatic carboxylic acids is 1. The molecule has 0 spiro atoms. The molecule has 0 heterocycles. The fraction of sp³-hybridized carbons (Fsp3) is 0.800. The molecule has 0 aliphatic rings. The number of carbonyl (C=O) groups excluding carboxylic acids is 1. The zero-order valence-electron chi connectivity index (χ0n) is 9.93. The average molecular weight is 232 g/mol. The van der Waals surface area contributed by atoms with Crippen molar-refractivity contribution in [2.45, 2.75) is 26.4 Å². The molecule has 0 rings (SSSR count). The maximum absolute atomic E-state index is 11.4. The first kappa shape index (κ1) is 14.7. The minimum atomic E-state index is -1.55. The number of nitrogens with zero attached hydrogens (tertiary/aromatic N) is 1. The highest BCUT2D eigenvalue weighted by atomic mass is 16.4. The monoisotopic (exact) mass is 232 g/mol. The van der Waals surface area contributed by atoms with E-state index in [0.29, 0.717) is 12.5 Å². The van der Waals surface area contributed by atoms with Crippen LogP contribution in [0.4, 0.5) is 4.79 Å². The van der Waals surface area contributed by atoms with Gasteiger partial charge in [0.05, 0.1) is 6.54 Å². The summed E-state index contributed by atoms with van der Waals surface area (Å²) in [5.74, 6) is -0.954. The number of aliphatic hydroxyl groups excluding tert-OH is 1. The zero-order valence-corrected chi connectivity index (χ0v) is 9.93. The van der Waals surface area contributed by atoms with Crippen molar-refractivity contribution in [3.63, 3.8) is 0 Å². The van der Waals surface area contributed by atoms with Crippen LogP contribution in [0.1, 0.15) is 20.3 Å². The maximum atomic E-state index is 11.4. The van der Waals surface area contributed by atoms with E-state index in [1.54, 1.807) is 7.05 Å². The van der Waals surface area contributed by atoms with Crippen molar-refractivity contribution >= 4 is 12.0 Å². The molecule has 0 radical (unpaired) electrons. The molecule has 0 fully saturated rings. The molecule has 0 aliphatic carbocycles. The van der Waals surface area contributed by atoms with E-state index in [0.717, 1.165) is 6.42 Å². The number of carboxylic acid groups (broad SMARTS) is 1. The molecule has 0 aromatic carbocycles. The van der Waals surface area contributed by atoms with Gasteiger partial charge in [0.15, 0.2) is 6.10 Å². The van der Waals surface area contributed by atoms with Crippen LogP contribution >= 0.6 is 0 Å². The molecule has 94 valence electrons. The lowest BCUT2D eigenvalue weighted by Gasteiger charge is -2.21. The van der Waals surface area contributed by atoms with Gasteiger partial charge in [-0.25, -0.2) is 9.59 Å². The molecule has 6 heteroatoms. The normalized spacial score (nSPS) is 14.0. The van der Waals surface area contributed by atoms with Gasteiger partial charge >= 0.3 is 12.0 Å². The summed E-state index contributed by atoms with van der Waals surface area (Å²) in [6, 6.07) is -0.374. The first-order valence-corrected chi connectivity index (χ1v) is 5.28. The van der Waals surface area contributed by atoms with Gasteiger partial charge in [-0.15, -0.1) is 0 Å². The van der Waals surface area contributed by atoms with Gasteiger partial charge in [-0.05, 0) is 5.92 Å². The second-order valence-electron chi connectivity index (χ2n) is 3.93. The van der Waals surface area contributed by atoms with Gasteiger partial charge in [-0.2, -0.15) is 0 Å². The van der Waals surface area contributed by atoms with Crippen LogP contribution in [-0.2, 0) is 4.79 Å². The van der Waals surface area contributed by atoms with Crippen LogP contribution in [0.25, 0.3) is 0 Å². The average Bonchev–Trinajstić information content (AvgIpc) is 2.24. The summed E-state index contributed by atoms with van der Waals surface area (Å²) in [6.07, 6.45) is -0.587. The van der Waals surface area contributed by atoms with Crippen LogP contribution in [-0.4, -0.2) is 53.4 Å². The maximum Gasteiger partial charge on any atom is 0.334 e. The van der Waals surface area contributed by atoms with E-state index >= 15 is 0 Å². The Morgan fingerprint density at radius 3 is 2.44 bits per heavy atom. The summed E-state index contributed by atoms with van der Waals surface area (Å²) < 4.78 is 0. The molecule has 16 heavy (non-hydrogen) atoms.